The first-order chi connectivity index (χ1) is 8.49. The summed E-state index contributed by atoms with van der Waals surface area (Å²) in [6, 6.07) is 7.99. The molecule has 0 aliphatic carbocycles. The monoisotopic (exact) mass is 250 g/mol. The lowest BCUT2D eigenvalue weighted by Gasteiger charge is -2.04. The fourth-order valence-corrected chi connectivity index (χ4v) is 1.64. The van der Waals surface area contributed by atoms with Gasteiger partial charge in [0.1, 0.15) is 0 Å². The molecule has 0 saturated carbocycles. The van der Waals surface area contributed by atoms with Crippen molar-refractivity contribution < 1.29 is 18.0 Å². The van der Waals surface area contributed by atoms with Gasteiger partial charge in [0.05, 0.1) is 0 Å². The van der Waals surface area contributed by atoms with Crippen LogP contribution in [0.3, 0.4) is 0 Å². The third-order valence-corrected chi connectivity index (χ3v) is 2.53. The lowest BCUT2D eigenvalue weighted by Crippen LogP contribution is -2.04. The average molecular weight is 250 g/mol. The van der Waals surface area contributed by atoms with Crippen LogP contribution < -0.4 is 0 Å². The summed E-state index contributed by atoms with van der Waals surface area (Å²) in [4.78, 5) is 12.0. The minimum absolute atomic E-state index is 0.211. The van der Waals surface area contributed by atoms with E-state index in [1.165, 1.54) is 6.07 Å². The molecule has 0 aliphatic rings. The van der Waals surface area contributed by atoms with E-state index in [1.807, 2.05) is 0 Å². The number of carbonyl (C=O) groups is 1. The molecule has 0 N–H and O–H groups in total. The van der Waals surface area contributed by atoms with Gasteiger partial charge in [0.2, 0.25) is 0 Å². The van der Waals surface area contributed by atoms with Crippen LogP contribution in [0.25, 0.3) is 0 Å². The summed E-state index contributed by atoms with van der Waals surface area (Å²) in [5.41, 5.74) is 0.946. The van der Waals surface area contributed by atoms with Crippen molar-refractivity contribution in [2.24, 2.45) is 0 Å². The maximum Gasteiger partial charge on any atom is 0.194 e. The van der Waals surface area contributed by atoms with Crippen LogP contribution in [0.1, 0.15) is 21.5 Å². The standard InChI is InChI=1S/C14H9F3O/c1-8-3-2-4-9(5-8)14(18)10-6-11(15)13(17)12(16)7-10/h2-7H,1H3. The van der Waals surface area contributed by atoms with E-state index in [1.54, 1.807) is 25.1 Å². The molecule has 2 aromatic carbocycles. The molecule has 0 fully saturated rings. The zero-order chi connectivity index (χ0) is 13.3. The number of hydrogen-bond donors (Lipinski definition) is 0. The van der Waals surface area contributed by atoms with Crippen LogP contribution in [0, 0.1) is 24.4 Å². The Bertz CT molecular complexity index is 597. The number of carbonyl (C=O) groups excluding carboxylic acids is 1. The highest BCUT2D eigenvalue weighted by atomic mass is 19.2. The van der Waals surface area contributed by atoms with E-state index in [4.69, 9.17) is 0 Å². The molecule has 4 heteroatoms. The highest BCUT2D eigenvalue weighted by molar-refractivity contribution is 6.09. The molecular weight excluding hydrogens is 241 g/mol. The smallest absolute Gasteiger partial charge is 0.194 e. The molecule has 0 unspecified atom stereocenters. The van der Waals surface area contributed by atoms with Crippen molar-refractivity contribution in [3.05, 3.63) is 70.5 Å². The summed E-state index contributed by atoms with van der Waals surface area (Å²) in [5, 5.41) is 0. The third-order valence-electron chi connectivity index (χ3n) is 2.53. The fourth-order valence-electron chi connectivity index (χ4n) is 1.64. The largest absolute Gasteiger partial charge is 0.289 e. The Morgan fingerprint density at radius 1 is 0.944 bits per heavy atom. The number of ketones is 1. The van der Waals surface area contributed by atoms with Gasteiger partial charge in [0, 0.05) is 11.1 Å². The van der Waals surface area contributed by atoms with Crippen LogP contribution in [0.4, 0.5) is 13.2 Å². The number of rotatable bonds is 2. The topological polar surface area (TPSA) is 17.1 Å². The first kappa shape index (κ1) is 12.4. The van der Waals surface area contributed by atoms with E-state index in [9.17, 15) is 18.0 Å². The molecule has 0 atom stereocenters. The van der Waals surface area contributed by atoms with E-state index < -0.39 is 23.2 Å². The van der Waals surface area contributed by atoms with Crippen molar-refractivity contribution in [2.75, 3.05) is 0 Å². The molecule has 1 nitrogen and oxygen atoms in total. The molecule has 2 rings (SSSR count). The van der Waals surface area contributed by atoms with E-state index in [0.717, 1.165) is 5.56 Å². The van der Waals surface area contributed by atoms with Crippen molar-refractivity contribution in [3.63, 3.8) is 0 Å². The van der Waals surface area contributed by atoms with Gasteiger partial charge >= 0.3 is 0 Å². The molecule has 0 radical (unpaired) electrons. The number of halogens is 3. The van der Waals surface area contributed by atoms with Gasteiger partial charge in [0.15, 0.2) is 23.2 Å². The lowest BCUT2D eigenvalue weighted by molar-refractivity contribution is 0.103. The zero-order valence-corrected chi connectivity index (χ0v) is 9.51. The van der Waals surface area contributed by atoms with Gasteiger partial charge in [-0.2, -0.15) is 0 Å². The second kappa shape index (κ2) is 4.64. The first-order valence-corrected chi connectivity index (χ1v) is 5.25. The average Bonchev–Trinajstić information content (AvgIpc) is 2.34. The quantitative estimate of drug-likeness (QED) is 0.587. The number of hydrogen-bond acceptors (Lipinski definition) is 1. The van der Waals surface area contributed by atoms with Crippen LogP contribution >= 0.6 is 0 Å². The molecule has 92 valence electrons. The highest BCUT2D eigenvalue weighted by Gasteiger charge is 2.16. The molecule has 0 aromatic heterocycles. The minimum atomic E-state index is -1.57. The summed E-state index contributed by atoms with van der Waals surface area (Å²) >= 11 is 0. The fraction of sp³-hybridized carbons (Fsp3) is 0.0714. The van der Waals surface area contributed by atoms with Gasteiger partial charge in [-0.25, -0.2) is 13.2 Å². The second-order valence-electron chi connectivity index (χ2n) is 3.95. The van der Waals surface area contributed by atoms with Gasteiger partial charge in [-0.15, -0.1) is 0 Å². The molecule has 18 heavy (non-hydrogen) atoms. The van der Waals surface area contributed by atoms with Crippen molar-refractivity contribution in [1.82, 2.24) is 0 Å². The maximum atomic E-state index is 13.0. The van der Waals surface area contributed by atoms with Gasteiger partial charge in [-0.1, -0.05) is 23.8 Å². The van der Waals surface area contributed by atoms with Gasteiger partial charge in [-0.3, -0.25) is 4.79 Å². The summed E-state index contributed by atoms with van der Waals surface area (Å²) in [5.74, 6) is -4.86. The molecule has 0 aliphatic heterocycles. The van der Waals surface area contributed by atoms with Crippen LogP contribution in [-0.4, -0.2) is 5.78 Å². The molecule has 0 saturated heterocycles. The van der Waals surface area contributed by atoms with E-state index in [-0.39, 0.29) is 5.56 Å². The van der Waals surface area contributed by atoms with Crippen molar-refractivity contribution in [3.8, 4) is 0 Å². The molecule has 0 bridgehead atoms. The predicted molar refractivity (Wildman–Crippen MR) is 60.9 cm³/mol. The summed E-state index contributed by atoms with van der Waals surface area (Å²) in [6.07, 6.45) is 0. The lowest BCUT2D eigenvalue weighted by atomic mass is 10.0. The Balaban J connectivity index is 2.47. The summed E-state index contributed by atoms with van der Waals surface area (Å²) < 4.78 is 38.8. The van der Waals surface area contributed by atoms with Crippen LogP contribution in [0.5, 0.6) is 0 Å². The Morgan fingerprint density at radius 2 is 1.56 bits per heavy atom. The molecule has 2 aromatic rings. The summed E-state index contributed by atoms with van der Waals surface area (Å²) in [7, 11) is 0. The number of aryl methyl sites for hydroxylation is 1. The second-order valence-corrected chi connectivity index (χ2v) is 3.95. The Kier molecular flexibility index (Phi) is 3.19. The van der Waals surface area contributed by atoms with E-state index in [2.05, 4.69) is 0 Å². The Hall–Kier alpha value is -2.10. The predicted octanol–water partition coefficient (Wildman–Crippen LogP) is 3.64. The van der Waals surface area contributed by atoms with Crippen LogP contribution in [0.15, 0.2) is 36.4 Å². The normalized spacial score (nSPS) is 10.4. The van der Waals surface area contributed by atoms with Crippen LogP contribution in [0.2, 0.25) is 0 Å². The zero-order valence-electron chi connectivity index (χ0n) is 9.51. The molecule has 0 spiro atoms. The molecular formula is C14H9F3O. The molecule has 0 heterocycles. The SMILES string of the molecule is Cc1cccc(C(=O)c2cc(F)c(F)c(F)c2)c1. The van der Waals surface area contributed by atoms with Gasteiger partial charge in [0.25, 0.3) is 0 Å². The van der Waals surface area contributed by atoms with Crippen molar-refractivity contribution in [2.45, 2.75) is 6.92 Å². The third kappa shape index (κ3) is 2.27. The Morgan fingerprint density at radius 3 is 2.11 bits per heavy atom. The van der Waals surface area contributed by atoms with Crippen LogP contribution in [-0.2, 0) is 0 Å². The van der Waals surface area contributed by atoms with Crippen molar-refractivity contribution >= 4 is 5.78 Å². The Labute approximate surface area is 102 Å². The first-order valence-electron chi connectivity index (χ1n) is 5.25. The van der Waals surface area contributed by atoms with E-state index in [0.29, 0.717) is 17.7 Å². The highest BCUT2D eigenvalue weighted by Crippen LogP contribution is 2.17. The minimum Gasteiger partial charge on any atom is -0.289 e. The van der Waals surface area contributed by atoms with Gasteiger partial charge < -0.3 is 0 Å². The maximum absolute atomic E-state index is 13.0. The number of benzene rings is 2. The molecule has 0 amide bonds. The van der Waals surface area contributed by atoms with E-state index >= 15 is 0 Å². The summed E-state index contributed by atoms with van der Waals surface area (Å²) in [6.45, 7) is 1.79. The van der Waals surface area contributed by atoms with Crippen molar-refractivity contribution in [1.29, 1.82) is 0 Å². The van der Waals surface area contributed by atoms with Gasteiger partial charge in [-0.05, 0) is 25.1 Å².